The van der Waals surface area contributed by atoms with E-state index in [0.717, 1.165) is 31.4 Å². The molecule has 0 saturated carbocycles. The number of aromatic nitrogens is 2. The van der Waals surface area contributed by atoms with Crippen molar-refractivity contribution in [2.24, 2.45) is 5.73 Å². The van der Waals surface area contributed by atoms with Gasteiger partial charge in [-0.2, -0.15) is 4.98 Å². The lowest BCUT2D eigenvalue weighted by atomic mass is 9.99. The van der Waals surface area contributed by atoms with E-state index in [1.165, 1.54) is 49.7 Å². The Bertz CT molecular complexity index is 785. The summed E-state index contributed by atoms with van der Waals surface area (Å²) in [6, 6.07) is 6.36. The molecule has 1 saturated heterocycles. The van der Waals surface area contributed by atoms with Crippen LogP contribution in [0.5, 0.6) is 0 Å². The maximum atomic E-state index is 7.71. The summed E-state index contributed by atoms with van der Waals surface area (Å²) >= 11 is 0. The maximum absolute atomic E-state index is 7.71. The van der Waals surface area contributed by atoms with E-state index >= 15 is 0 Å². The van der Waals surface area contributed by atoms with Crippen molar-refractivity contribution in [3.8, 4) is 11.4 Å². The van der Waals surface area contributed by atoms with Crippen molar-refractivity contribution in [3.63, 3.8) is 0 Å². The predicted molar refractivity (Wildman–Crippen MR) is 112 cm³/mol. The van der Waals surface area contributed by atoms with Crippen LogP contribution in [0.4, 0.5) is 0 Å². The molecule has 0 radical (unpaired) electrons. The number of guanidine groups is 1. The van der Waals surface area contributed by atoms with Crippen molar-refractivity contribution in [1.82, 2.24) is 15.0 Å². The average molecular weight is 384 g/mol. The largest absolute Gasteiger partial charge is 0.370 e. The van der Waals surface area contributed by atoms with Crippen LogP contribution >= 0.6 is 0 Å². The Labute approximate surface area is 168 Å². The van der Waals surface area contributed by atoms with E-state index in [4.69, 9.17) is 15.7 Å². The molecule has 0 unspecified atom stereocenters. The van der Waals surface area contributed by atoms with Gasteiger partial charge in [-0.15, -0.1) is 0 Å². The molecule has 6 nitrogen and oxygen atoms in total. The minimum atomic E-state index is -0.0770. The van der Waals surface area contributed by atoms with Crippen LogP contribution in [0.1, 0.15) is 81.3 Å². The van der Waals surface area contributed by atoms with E-state index in [-0.39, 0.29) is 12.0 Å². The third kappa shape index (κ3) is 4.91. The van der Waals surface area contributed by atoms with Gasteiger partial charge in [0, 0.05) is 12.1 Å². The molecule has 1 aromatic heterocycles. The van der Waals surface area contributed by atoms with Gasteiger partial charge in [0.15, 0.2) is 5.96 Å². The van der Waals surface area contributed by atoms with Crippen LogP contribution in [-0.4, -0.2) is 27.5 Å². The first-order valence-corrected chi connectivity index (χ1v) is 10.6. The molecule has 28 heavy (non-hydrogen) atoms. The molecule has 3 rings (SSSR count). The van der Waals surface area contributed by atoms with Gasteiger partial charge in [-0.3, -0.25) is 5.41 Å². The minimum Gasteiger partial charge on any atom is -0.370 e. The lowest BCUT2D eigenvalue weighted by Gasteiger charge is -2.21. The van der Waals surface area contributed by atoms with Crippen LogP contribution < -0.4 is 5.73 Å². The SMILES string of the molecule is CCCCCCCCc1ccc(-c2noc([C@@H]3CCCN3C(=N)N)n2)cc1C. The predicted octanol–water partition coefficient (Wildman–Crippen LogP) is 4.98. The molecule has 152 valence electrons. The third-order valence-electron chi connectivity index (χ3n) is 5.69. The Hall–Kier alpha value is -2.37. The Balaban J connectivity index is 1.61. The summed E-state index contributed by atoms with van der Waals surface area (Å²) in [5, 5.41) is 11.9. The highest BCUT2D eigenvalue weighted by Gasteiger charge is 2.31. The Morgan fingerprint density at radius 2 is 2.04 bits per heavy atom. The van der Waals surface area contributed by atoms with Gasteiger partial charge in [-0.05, 0) is 49.8 Å². The van der Waals surface area contributed by atoms with Crippen molar-refractivity contribution in [2.75, 3.05) is 6.54 Å². The Kier molecular flexibility index (Phi) is 7.06. The zero-order valence-corrected chi connectivity index (χ0v) is 17.2. The van der Waals surface area contributed by atoms with E-state index in [2.05, 4.69) is 42.2 Å². The smallest absolute Gasteiger partial charge is 0.249 e. The van der Waals surface area contributed by atoms with Crippen LogP contribution in [0.15, 0.2) is 22.7 Å². The summed E-state index contributed by atoms with van der Waals surface area (Å²) in [7, 11) is 0. The number of likely N-dealkylation sites (tertiary alicyclic amines) is 1. The van der Waals surface area contributed by atoms with E-state index in [9.17, 15) is 0 Å². The second-order valence-corrected chi connectivity index (χ2v) is 7.85. The van der Waals surface area contributed by atoms with Crippen LogP contribution in [-0.2, 0) is 6.42 Å². The van der Waals surface area contributed by atoms with Crippen LogP contribution in [0.2, 0.25) is 0 Å². The number of unbranched alkanes of at least 4 members (excludes halogenated alkanes) is 5. The first-order valence-electron chi connectivity index (χ1n) is 10.6. The van der Waals surface area contributed by atoms with Gasteiger partial charge in [0.05, 0.1) is 0 Å². The molecule has 0 aliphatic carbocycles. The molecule has 1 fully saturated rings. The average Bonchev–Trinajstić information content (AvgIpc) is 3.34. The summed E-state index contributed by atoms with van der Waals surface area (Å²) < 4.78 is 5.51. The number of hydrogen-bond donors (Lipinski definition) is 2. The Morgan fingerprint density at radius 1 is 1.25 bits per heavy atom. The zero-order valence-electron chi connectivity index (χ0n) is 17.2. The normalized spacial score (nSPS) is 16.6. The van der Waals surface area contributed by atoms with Gasteiger partial charge >= 0.3 is 0 Å². The van der Waals surface area contributed by atoms with Gasteiger partial charge in [-0.1, -0.05) is 56.3 Å². The molecule has 0 spiro atoms. The fraction of sp³-hybridized carbons (Fsp3) is 0.591. The number of nitrogens with two attached hydrogens (primary N) is 1. The summed E-state index contributed by atoms with van der Waals surface area (Å²) in [5.41, 5.74) is 9.34. The van der Waals surface area contributed by atoms with Gasteiger partial charge in [-0.25, -0.2) is 0 Å². The highest BCUT2D eigenvalue weighted by molar-refractivity contribution is 5.75. The summed E-state index contributed by atoms with van der Waals surface area (Å²) in [5.74, 6) is 1.23. The molecule has 1 aliphatic heterocycles. The zero-order chi connectivity index (χ0) is 19.9. The third-order valence-corrected chi connectivity index (χ3v) is 5.69. The highest BCUT2D eigenvalue weighted by Crippen LogP contribution is 2.31. The van der Waals surface area contributed by atoms with Crippen molar-refractivity contribution in [1.29, 1.82) is 5.41 Å². The molecule has 3 N–H and O–H groups in total. The fourth-order valence-corrected chi connectivity index (χ4v) is 4.01. The van der Waals surface area contributed by atoms with E-state index in [0.29, 0.717) is 11.7 Å². The second kappa shape index (κ2) is 9.71. The van der Waals surface area contributed by atoms with Crippen molar-refractivity contribution < 1.29 is 4.52 Å². The molecule has 0 bridgehead atoms. The van der Waals surface area contributed by atoms with Crippen molar-refractivity contribution in [2.45, 2.75) is 77.7 Å². The summed E-state index contributed by atoms with van der Waals surface area (Å²) in [6.45, 7) is 5.18. The molecule has 2 aromatic rings. The number of aryl methyl sites for hydroxylation is 2. The molecule has 2 heterocycles. The monoisotopic (exact) mass is 383 g/mol. The standard InChI is InChI=1S/C22H33N5O/c1-3-4-5-6-7-8-10-17-12-13-18(15-16(17)2)20-25-21(28-26-20)19-11-9-14-27(19)22(23)24/h12-13,15,19H,3-11,14H2,1-2H3,(H3,23,24)/t19-/m0/s1. The lowest BCUT2D eigenvalue weighted by molar-refractivity contribution is 0.283. The van der Waals surface area contributed by atoms with E-state index < -0.39 is 0 Å². The topological polar surface area (TPSA) is 92.0 Å². The summed E-state index contributed by atoms with van der Waals surface area (Å²) in [6.07, 6.45) is 10.9. The molecule has 0 amide bonds. The minimum absolute atomic E-state index is 0.0668. The number of benzene rings is 1. The fourth-order valence-electron chi connectivity index (χ4n) is 4.01. The van der Waals surface area contributed by atoms with Crippen LogP contribution in [0, 0.1) is 12.3 Å². The number of nitrogens with zero attached hydrogens (tertiary/aromatic N) is 3. The maximum Gasteiger partial charge on any atom is 0.249 e. The van der Waals surface area contributed by atoms with Crippen molar-refractivity contribution in [3.05, 3.63) is 35.2 Å². The van der Waals surface area contributed by atoms with E-state index in [1.54, 1.807) is 0 Å². The molecule has 1 aromatic carbocycles. The Morgan fingerprint density at radius 3 is 2.79 bits per heavy atom. The number of nitrogens with one attached hydrogen (secondary N) is 1. The number of rotatable bonds is 9. The van der Waals surface area contributed by atoms with Crippen molar-refractivity contribution >= 4 is 5.96 Å². The first-order chi connectivity index (χ1) is 13.6. The lowest BCUT2D eigenvalue weighted by Crippen LogP contribution is -2.35. The molecule has 6 heteroatoms. The molecular weight excluding hydrogens is 350 g/mol. The number of hydrogen-bond acceptors (Lipinski definition) is 4. The van der Waals surface area contributed by atoms with E-state index in [1.807, 2.05) is 4.90 Å². The summed E-state index contributed by atoms with van der Waals surface area (Å²) in [4.78, 5) is 6.42. The molecular formula is C22H33N5O. The van der Waals surface area contributed by atoms with Gasteiger partial charge in [0.2, 0.25) is 11.7 Å². The van der Waals surface area contributed by atoms with Crippen LogP contribution in [0.3, 0.4) is 0 Å². The first kappa shape index (κ1) is 20.4. The highest BCUT2D eigenvalue weighted by atomic mass is 16.5. The van der Waals surface area contributed by atoms with Gasteiger partial charge < -0.3 is 15.2 Å². The molecule has 1 aliphatic rings. The molecule has 1 atom stereocenters. The quantitative estimate of drug-likeness (QED) is 0.362. The van der Waals surface area contributed by atoms with Crippen LogP contribution in [0.25, 0.3) is 11.4 Å². The van der Waals surface area contributed by atoms with Gasteiger partial charge in [0.1, 0.15) is 6.04 Å². The second-order valence-electron chi connectivity index (χ2n) is 7.85. The van der Waals surface area contributed by atoms with Gasteiger partial charge in [0.25, 0.3) is 0 Å².